The van der Waals surface area contributed by atoms with E-state index in [-0.39, 0.29) is 30.4 Å². The monoisotopic (exact) mass is 452 g/mol. The lowest BCUT2D eigenvalue weighted by Crippen LogP contribution is -2.51. The smallest absolute Gasteiger partial charge is 0.409 e. The van der Waals surface area contributed by atoms with Gasteiger partial charge in [0.05, 0.1) is 24.9 Å². The highest BCUT2D eigenvalue weighted by molar-refractivity contribution is 6.03. The zero-order valence-electron chi connectivity index (χ0n) is 19.0. The van der Waals surface area contributed by atoms with Gasteiger partial charge in [0.25, 0.3) is 5.91 Å². The molecule has 4 rings (SSSR count). The predicted molar refractivity (Wildman–Crippen MR) is 123 cm³/mol. The van der Waals surface area contributed by atoms with Crippen molar-refractivity contribution in [2.45, 2.75) is 26.3 Å². The predicted octanol–water partition coefficient (Wildman–Crippen LogP) is 3.59. The number of amides is 2. The van der Waals surface area contributed by atoms with E-state index in [9.17, 15) is 14.0 Å². The molecule has 0 aliphatic carbocycles. The minimum absolute atomic E-state index is 0.112. The molecule has 2 aliphatic heterocycles. The fourth-order valence-electron chi connectivity index (χ4n) is 4.35. The molecule has 2 aliphatic rings. The van der Waals surface area contributed by atoms with Crippen molar-refractivity contribution in [3.63, 3.8) is 0 Å². The molecule has 2 aromatic rings. The van der Waals surface area contributed by atoms with Gasteiger partial charge in [-0.15, -0.1) is 0 Å². The SMILES string of the molecule is CCOC(=O)N1CCN(CC(=O)N2N=C(c3cccc(F)c3)CC2c2ccccc2C)CC1. The van der Waals surface area contributed by atoms with Crippen LogP contribution < -0.4 is 0 Å². The minimum atomic E-state index is -0.327. The van der Waals surface area contributed by atoms with Gasteiger partial charge in [-0.3, -0.25) is 9.69 Å². The van der Waals surface area contributed by atoms with E-state index in [0.717, 1.165) is 11.1 Å². The van der Waals surface area contributed by atoms with Crippen molar-refractivity contribution in [3.8, 4) is 0 Å². The topological polar surface area (TPSA) is 65.5 Å². The highest BCUT2D eigenvalue weighted by Crippen LogP contribution is 2.34. The second-order valence-electron chi connectivity index (χ2n) is 8.33. The van der Waals surface area contributed by atoms with Crippen LogP contribution in [-0.4, -0.2) is 71.9 Å². The second kappa shape index (κ2) is 10.1. The molecular formula is C25H29FN4O3. The third-order valence-electron chi connectivity index (χ3n) is 6.13. The molecule has 2 heterocycles. The molecule has 1 atom stereocenters. The molecule has 1 fully saturated rings. The Morgan fingerprint density at radius 1 is 1.09 bits per heavy atom. The number of nitrogens with zero attached hydrogens (tertiary/aromatic N) is 4. The Kier molecular flexibility index (Phi) is 7.03. The summed E-state index contributed by atoms with van der Waals surface area (Å²) in [6, 6.07) is 14.1. The van der Waals surface area contributed by atoms with E-state index in [1.807, 2.05) is 42.2 Å². The Bertz CT molecular complexity index is 1050. The van der Waals surface area contributed by atoms with Crippen LogP contribution >= 0.6 is 0 Å². The summed E-state index contributed by atoms with van der Waals surface area (Å²) >= 11 is 0. The van der Waals surface area contributed by atoms with Crippen LogP contribution in [0.15, 0.2) is 53.6 Å². The molecule has 8 heteroatoms. The normalized spacial score (nSPS) is 18.9. The van der Waals surface area contributed by atoms with Crippen molar-refractivity contribution in [1.29, 1.82) is 0 Å². The number of halogens is 1. The Morgan fingerprint density at radius 2 is 1.85 bits per heavy atom. The summed E-state index contributed by atoms with van der Waals surface area (Å²) in [6.45, 7) is 6.58. The number of benzene rings is 2. The van der Waals surface area contributed by atoms with Crippen molar-refractivity contribution in [2.75, 3.05) is 39.3 Å². The van der Waals surface area contributed by atoms with Gasteiger partial charge >= 0.3 is 6.09 Å². The highest BCUT2D eigenvalue weighted by Gasteiger charge is 2.35. The van der Waals surface area contributed by atoms with Crippen molar-refractivity contribution in [2.24, 2.45) is 5.10 Å². The lowest BCUT2D eigenvalue weighted by molar-refractivity contribution is -0.134. The number of hydrazone groups is 1. The van der Waals surface area contributed by atoms with E-state index in [4.69, 9.17) is 4.74 Å². The first-order valence-electron chi connectivity index (χ1n) is 11.3. The quantitative estimate of drug-likeness (QED) is 0.696. The molecule has 1 unspecified atom stereocenters. The van der Waals surface area contributed by atoms with Gasteiger partial charge in [-0.2, -0.15) is 5.10 Å². The zero-order chi connectivity index (χ0) is 23.4. The molecule has 2 aromatic carbocycles. The van der Waals surface area contributed by atoms with Crippen LogP contribution in [0.2, 0.25) is 0 Å². The summed E-state index contributed by atoms with van der Waals surface area (Å²) in [7, 11) is 0. The largest absolute Gasteiger partial charge is 0.450 e. The maximum Gasteiger partial charge on any atom is 0.409 e. The van der Waals surface area contributed by atoms with Gasteiger partial charge in [-0.05, 0) is 37.1 Å². The summed E-state index contributed by atoms with van der Waals surface area (Å²) in [6.07, 6.45) is 0.211. The Hall–Kier alpha value is -3.26. The van der Waals surface area contributed by atoms with Crippen LogP contribution in [0.5, 0.6) is 0 Å². The second-order valence-corrected chi connectivity index (χ2v) is 8.33. The van der Waals surface area contributed by atoms with E-state index in [2.05, 4.69) is 5.10 Å². The fourth-order valence-corrected chi connectivity index (χ4v) is 4.35. The van der Waals surface area contributed by atoms with Crippen LogP contribution in [0.4, 0.5) is 9.18 Å². The zero-order valence-corrected chi connectivity index (χ0v) is 19.0. The number of hydrogen-bond acceptors (Lipinski definition) is 5. The van der Waals surface area contributed by atoms with Gasteiger partial charge in [-0.1, -0.05) is 36.4 Å². The van der Waals surface area contributed by atoms with Crippen LogP contribution in [-0.2, 0) is 9.53 Å². The molecular weight excluding hydrogens is 423 g/mol. The van der Waals surface area contributed by atoms with E-state index >= 15 is 0 Å². The van der Waals surface area contributed by atoms with Crippen molar-refractivity contribution in [3.05, 3.63) is 71.0 Å². The molecule has 2 amide bonds. The Labute approximate surface area is 193 Å². The maximum absolute atomic E-state index is 13.8. The molecule has 0 saturated carbocycles. The Morgan fingerprint density at radius 3 is 2.55 bits per heavy atom. The van der Waals surface area contributed by atoms with Crippen molar-refractivity contribution in [1.82, 2.24) is 14.8 Å². The molecule has 174 valence electrons. The third-order valence-corrected chi connectivity index (χ3v) is 6.13. The van der Waals surface area contributed by atoms with Crippen LogP contribution in [0.1, 0.15) is 36.1 Å². The summed E-state index contributed by atoms with van der Waals surface area (Å²) in [5.74, 6) is -0.439. The lowest BCUT2D eigenvalue weighted by Gasteiger charge is -2.34. The number of rotatable bonds is 5. The van der Waals surface area contributed by atoms with Crippen molar-refractivity contribution >= 4 is 17.7 Å². The van der Waals surface area contributed by atoms with Gasteiger partial charge in [0, 0.05) is 38.2 Å². The van der Waals surface area contributed by atoms with E-state index in [1.54, 1.807) is 22.9 Å². The summed E-state index contributed by atoms with van der Waals surface area (Å²) in [5.41, 5.74) is 3.50. The molecule has 0 N–H and O–H groups in total. The first-order valence-corrected chi connectivity index (χ1v) is 11.3. The standard InChI is InChI=1S/C25H29FN4O3/c1-3-33-25(32)29-13-11-28(12-14-29)17-24(31)30-23(21-10-5-4-7-18(21)2)16-22(27-30)19-8-6-9-20(26)15-19/h4-10,15,23H,3,11-14,16-17H2,1-2H3. The third kappa shape index (κ3) is 5.22. The lowest BCUT2D eigenvalue weighted by atomic mass is 9.95. The van der Waals surface area contributed by atoms with Gasteiger partial charge < -0.3 is 9.64 Å². The van der Waals surface area contributed by atoms with E-state index < -0.39 is 0 Å². The maximum atomic E-state index is 13.8. The molecule has 0 aromatic heterocycles. The van der Waals surface area contributed by atoms with E-state index in [1.165, 1.54) is 12.1 Å². The van der Waals surface area contributed by atoms with Crippen molar-refractivity contribution < 1.29 is 18.7 Å². The number of hydrogen-bond donors (Lipinski definition) is 0. The molecule has 0 bridgehead atoms. The number of ether oxygens (including phenoxy) is 1. The van der Waals surface area contributed by atoms with Crippen LogP contribution in [0.25, 0.3) is 0 Å². The summed E-state index contributed by atoms with van der Waals surface area (Å²) in [5, 5.41) is 6.21. The highest BCUT2D eigenvalue weighted by atomic mass is 19.1. The summed E-state index contributed by atoms with van der Waals surface area (Å²) in [4.78, 5) is 29.0. The number of carbonyl (C=O) groups excluding carboxylic acids is 2. The molecule has 0 radical (unpaired) electrons. The first-order chi connectivity index (χ1) is 16.0. The van der Waals surface area contributed by atoms with Crippen LogP contribution in [0, 0.1) is 12.7 Å². The average molecular weight is 453 g/mol. The first kappa shape index (κ1) is 22.9. The van der Waals surface area contributed by atoms with Gasteiger partial charge in [0.15, 0.2) is 0 Å². The average Bonchev–Trinajstić information content (AvgIpc) is 3.25. The minimum Gasteiger partial charge on any atom is -0.450 e. The molecule has 0 spiro atoms. The molecule has 1 saturated heterocycles. The number of aryl methyl sites for hydroxylation is 1. The Balaban J connectivity index is 1.50. The van der Waals surface area contributed by atoms with Gasteiger partial charge in [0.1, 0.15) is 5.82 Å². The fraction of sp³-hybridized carbons (Fsp3) is 0.400. The van der Waals surface area contributed by atoms with Gasteiger partial charge in [0.2, 0.25) is 0 Å². The molecule has 7 nitrogen and oxygen atoms in total. The summed E-state index contributed by atoms with van der Waals surface area (Å²) < 4.78 is 18.9. The molecule has 33 heavy (non-hydrogen) atoms. The van der Waals surface area contributed by atoms with Gasteiger partial charge in [-0.25, -0.2) is 14.2 Å². The number of carbonyl (C=O) groups is 2. The van der Waals surface area contributed by atoms with E-state index in [0.29, 0.717) is 50.5 Å². The van der Waals surface area contributed by atoms with Crippen LogP contribution in [0.3, 0.4) is 0 Å². The number of piperazine rings is 1.